The summed E-state index contributed by atoms with van der Waals surface area (Å²) in [5, 5.41) is 0. The first-order chi connectivity index (χ1) is 8.86. The van der Waals surface area contributed by atoms with Gasteiger partial charge >= 0.3 is 0 Å². The van der Waals surface area contributed by atoms with E-state index >= 15 is 0 Å². The quantitative estimate of drug-likeness (QED) is 0.697. The van der Waals surface area contributed by atoms with Crippen molar-refractivity contribution >= 4 is 0 Å². The number of likely N-dealkylation sites (tertiary alicyclic amines) is 1. The van der Waals surface area contributed by atoms with Gasteiger partial charge in [-0.2, -0.15) is 0 Å². The topological polar surface area (TPSA) is 15.7 Å². The van der Waals surface area contributed by atoms with Crippen LogP contribution in [-0.4, -0.2) is 61.3 Å². The molecule has 0 N–H and O–H groups in total. The fourth-order valence-electron chi connectivity index (χ4n) is 3.10. The first kappa shape index (κ1) is 13.8. The summed E-state index contributed by atoms with van der Waals surface area (Å²) in [6.45, 7) is 14.2. The van der Waals surface area contributed by atoms with E-state index in [2.05, 4.69) is 35.1 Å². The van der Waals surface area contributed by atoms with Gasteiger partial charge in [-0.05, 0) is 25.9 Å². The molecule has 0 aliphatic carbocycles. The molecule has 3 heteroatoms. The summed E-state index contributed by atoms with van der Waals surface area (Å²) in [7, 11) is 0. The Balaban J connectivity index is 2.02. The Labute approximate surface area is 111 Å². The van der Waals surface area contributed by atoms with Crippen LogP contribution in [0.2, 0.25) is 0 Å². The molecule has 0 aromatic heterocycles. The highest BCUT2D eigenvalue weighted by atomic mass is 16.6. The summed E-state index contributed by atoms with van der Waals surface area (Å²) in [6.07, 6.45) is 8.20. The molecule has 0 bridgehead atoms. The van der Waals surface area contributed by atoms with E-state index in [1.807, 2.05) is 0 Å². The Hall–Kier alpha value is -0.640. The Morgan fingerprint density at radius 3 is 2.50 bits per heavy atom. The summed E-state index contributed by atoms with van der Waals surface area (Å²) in [5.41, 5.74) is 0. The minimum absolute atomic E-state index is 0.379. The molecule has 0 spiro atoms. The molecule has 2 unspecified atom stereocenters. The number of nitrogens with zero attached hydrogens (tertiary/aromatic N) is 2. The van der Waals surface area contributed by atoms with Crippen molar-refractivity contribution in [3.63, 3.8) is 0 Å². The zero-order valence-corrected chi connectivity index (χ0v) is 11.4. The minimum Gasteiger partial charge on any atom is -0.379 e. The minimum atomic E-state index is 0.379. The molecule has 18 heavy (non-hydrogen) atoms. The maximum Gasteiger partial charge on any atom is 0.0594 e. The van der Waals surface area contributed by atoms with Gasteiger partial charge in [-0.3, -0.25) is 9.80 Å². The third-order valence-corrected chi connectivity index (χ3v) is 4.11. The summed E-state index contributed by atoms with van der Waals surface area (Å²) in [4.78, 5) is 5.05. The molecule has 102 valence electrons. The fraction of sp³-hybridized carbons (Fsp3) is 0.733. The first-order valence-electron chi connectivity index (χ1n) is 7.18. The normalized spacial score (nSPS) is 26.4. The van der Waals surface area contributed by atoms with Crippen molar-refractivity contribution in [2.75, 3.05) is 39.4 Å². The Kier molecular flexibility index (Phi) is 5.42. The van der Waals surface area contributed by atoms with Crippen LogP contribution in [0.4, 0.5) is 0 Å². The van der Waals surface area contributed by atoms with Gasteiger partial charge in [0.2, 0.25) is 0 Å². The van der Waals surface area contributed by atoms with E-state index in [1.165, 1.54) is 32.4 Å². The Morgan fingerprint density at radius 1 is 1.11 bits per heavy atom. The summed E-state index contributed by atoms with van der Waals surface area (Å²) < 4.78 is 5.44. The summed E-state index contributed by atoms with van der Waals surface area (Å²) in [6, 6.07) is 0.783. The fourth-order valence-corrected chi connectivity index (χ4v) is 3.10. The second kappa shape index (κ2) is 7.07. The third kappa shape index (κ3) is 3.22. The maximum atomic E-state index is 5.44. The number of piperidine rings is 1. The molecule has 0 aromatic carbocycles. The number of hydrogen-bond acceptors (Lipinski definition) is 3. The number of morpholine rings is 1. The van der Waals surface area contributed by atoms with Crippen molar-refractivity contribution in [3.05, 3.63) is 25.3 Å². The highest BCUT2D eigenvalue weighted by Crippen LogP contribution is 2.19. The zero-order chi connectivity index (χ0) is 12.8. The van der Waals surface area contributed by atoms with Gasteiger partial charge in [0.15, 0.2) is 0 Å². The molecule has 2 aliphatic rings. The van der Waals surface area contributed by atoms with Crippen molar-refractivity contribution < 1.29 is 4.74 Å². The van der Waals surface area contributed by atoms with E-state index in [0.717, 1.165) is 26.3 Å². The van der Waals surface area contributed by atoms with E-state index in [4.69, 9.17) is 4.74 Å². The highest BCUT2D eigenvalue weighted by molar-refractivity contribution is 5.06. The van der Waals surface area contributed by atoms with Gasteiger partial charge in [0.25, 0.3) is 0 Å². The second-order valence-electron chi connectivity index (χ2n) is 5.20. The van der Waals surface area contributed by atoms with Crippen LogP contribution >= 0.6 is 0 Å². The second-order valence-corrected chi connectivity index (χ2v) is 5.20. The molecule has 0 amide bonds. The predicted octanol–water partition coefficient (Wildman–Crippen LogP) is 1.91. The van der Waals surface area contributed by atoms with E-state index in [-0.39, 0.29) is 0 Å². The van der Waals surface area contributed by atoms with Crippen molar-refractivity contribution in [3.8, 4) is 0 Å². The summed E-state index contributed by atoms with van der Waals surface area (Å²) in [5.74, 6) is 0. The van der Waals surface area contributed by atoms with Crippen molar-refractivity contribution in [2.45, 2.75) is 31.3 Å². The van der Waals surface area contributed by atoms with Gasteiger partial charge in [-0.15, -0.1) is 13.2 Å². The third-order valence-electron chi connectivity index (χ3n) is 4.11. The molecule has 3 nitrogen and oxygen atoms in total. The molecule has 2 heterocycles. The largest absolute Gasteiger partial charge is 0.379 e. The molecule has 2 aliphatic heterocycles. The summed E-state index contributed by atoms with van der Waals surface area (Å²) >= 11 is 0. The van der Waals surface area contributed by atoms with E-state index in [1.54, 1.807) is 0 Å². The van der Waals surface area contributed by atoms with Crippen LogP contribution in [0.1, 0.15) is 19.3 Å². The average molecular weight is 254 g/mol. The van der Waals surface area contributed by atoms with Gasteiger partial charge in [-0.1, -0.05) is 18.6 Å². The van der Waals surface area contributed by atoms with Gasteiger partial charge in [-0.25, -0.2) is 0 Å². The van der Waals surface area contributed by atoms with Crippen LogP contribution in [0.25, 0.3) is 0 Å². The average Bonchev–Trinajstić information content (AvgIpc) is 2.46. The van der Waals surface area contributed by atoms with Gasteiger partial charge in [0.05, 0.1) is 13.2 Å². The predicted molar refractivity (Wildman–Crippen MR) is 75.8 cm³/mol. The first-order valence-corrected chi connectivity index (χ1v) is 7.18. The van der Waals surface area contributed by atoms with E-state index < -0.39 is 0 Å². The van der Waals surface area contributed by atoms with Crippen LogP contribution in [0, 0.1) is 0 Å². The molecule has 0 radical (unpaired) electrons. The number of rotatable bonds is 5. The number of ether oxygens (including phenoxy) is 1. The van der Waals surface area contributed by atoms with E-state index in [0.29, 0.717) is 12.1 Å². The molecular weight excluding hydrogens is 228 g/mol. The van der Waals surface area contributed by atoms with Gasteiger partial charge < -0.3 is 4.74 Å². The van der Waals surface area contributed by atoms with Crippen LogP contribution in [0.5, 0.6) is 0 Å². The molecule has 2 atom stereocenters. The standard InChI is InChI=1S/C15H26N2O/c1-3-14(16-8-6-5-7-9-16)15(4-2)17-10-12-18-13-11-17/h3-4,14-15H,1-2,5-13H2/i8+2,12+2. The zero-order valence-electron chi connectivity index (χ0n) is 11.4. The lowest BCUT2D eigenvalue weighted by atomic mass is 10.0. The maximum absolute atomic E-state index is 5.44. The molecule has 2 rings (SSSR count). The van der Waals surface area contributed by atoms with Gasteiger partial charge in [0.1, 0.15) is 0 Å². The van der Waals surface area contributed by atoms with Crippen LogP contribution in [0.3, 0.4) is 0 Å². The highest BCUT2D eigenvalue weighted by Gasteiger charge is 2.29. The van der Waals surface area contributed by atoms with Crippen LogP contribution in [-0.2, 0) is 4.74 Å². The van der Waals surface area contributed by atoms with Crippen molar-refractivity contribution in [1.29, 1.82) is 0 Å². The lowest BCUT2D eigenvalue weighted by molar-refractivity contribution is 0.00825. The van der Waals surface area contributed by atoms with Crippen LogP contribution < -0.4 is 0 Å². The van der Waals surface area contributed by atoms with Gasteiger partial charge in [0, 0.05) is 25.2 Å². The Bertz CT molecular complexity index is 240. The SMILES string of the molecule is C=CC(C(C=C)N1CCCC[14CH2]1)N1CCO[14CH2]C1. The molecular formula is C15H26N2O. The Morgan fingerprint density at radius 2 is 1.94 bits per heavy atom. The number of hydrogen-bond donors (Lipinski definition) is 0. The molecule has 2 saturated heterocycles. The van der Waals surface area contributed by atoms with Crippen LogP contribution in [0.15, 0.2) is 25.3 Å². The monoisotopic (exact) mass is 254 g/mol. The smallest absolute Gasteiger partial charge is 0.0594 e. The lowest BCUT2D eigenvalue weighted by Gasteiger charge is -2.42. The molecule has 0 aromatic rings. The molecule has 0 saturated carbocycles. The van der Waals surface area contributed by atoms with Crippen molar-refractivity contribution in [1.82, 2.24) is 9.80 Å². The van der Waals surface area contributed by atoms with E-state index in [9.17, 15) is 0 Å². The van der Waals surface area contributed by atoms with Crippen molar-refractivity contribution in [2.24, 2.45) is 0 Å². The molecule has 2 fully saturated rings. The lowest BCUT2D eigenvalue weighted by Crippen LogP contribution is -2.54.